The van der Waals surface area contributed by atoms with Crippen LogP contribution in [0.3, 0.4) is 0 Å². The van der Waals surface area contributed by atoms with Crippen molar-refractivity contribution in [3.05, 3.63) is 60.6 Å². The van der Waals surface area contributed by atoms with E-state index in [4.69, 9.17) is 9.72 Å². The highest BCUT2D eigenvalue weighted by molar-refractivity contribution is 7.70. The minimum Gasteiger partial charge on any atom is -0.494 e. The van der Waals surface area contributed by atoms with Gasteiger partial charge in [0, 0.05) is 79.4 Å². The van der Waals surface area contributed by atoms with Gasteiger partial charge in [-0.05, 0) is 38.5 Å². The van der Waals surface area contributed by atoms with E-state index < -0.39 is 7.14 Å². The number of aryl methyl sites for hydroxylation is 2. The summed E-state index contributed by atoms with van der Waals surface area (Å²) in [7, 11) is 1.09. The van der Waals surface area contributed by atoms with Crippen LogP contribution >= 0.6 is 7.14 Å². The third-order valence-corrected chi connectivity index (χ3v) is 8.30. The maximum Gasteiger partial charge on any atom is 0.229 e. The summed E-state index contributed by atoms with van der Waals surface area (Å²) < 4.78 is 20.5. The quantitative estimate of drug-likeness (QED) is 0.278. The Morgan fingerprint density at radius 2 is 1.82 bits per heavy atom. The zero-order chi connectivity index (χ0) is 27.6. The number of benzene rings is 2. The van der Waals surface area contributed by atoms with Gasteiger partial charge in [-0.2, -0.15) is 10.1 Å². The molecule has 3 heterocycles. The summed E-state index contributed by atoms with van der Waals surface area (Å²) >= 11 is 0. The Morgan fingerprint density at radius 3 is 2.51 bits per heavy atom. The first-order valence-electron chi connectivity index (χ1n) is 12.9. The van der Waals surface area contributed by atoms with Crippen molar-refractivity contribution in [1.82, 2.24) is 25.1 Å². The molecule has 204 valence electrons. The van der Waals surface area contributed by atoms with E-state index in [0.29, 0.717) is 17.5 Å². The van der Waals surface area contributed by atoms with E-state index in [1.165, 1.54) is 0 Å². The van der Waals surface area contributed by atoms with Crippen LogP contribution in [0, 0.1) is 6.92 Å². The minimum absolute atomic E-state index is 0.419. The zero-order valence-electron chi connectivity index (χ0n) is 23.0. The molecule has 0 saturated carbocycles. The summed E-state index contributed by atoms with van der Waals surface area (Å²) in [5.74, 6) is 1.75. The topological polar surface area (TPSA) is 109 Å². The molecule has 4 aromatic rings. The summed E-state index contributed by atoms with van der Waals surface area (Å²) in [6.07, 6.45) is 5.65. The van der Waals surface area contributed by atoms with Gasteiger partial charge in [0.15, 0.2) is 0 Å². The molecule has 10 nitrogen and oxygen atoms in total. The molecule has 0 radical (unpaired) electrons. The van der Waals surface area contributed by atoms with Crippen LogP contribution in [0.5, 0.6) is 5.75 Å². The second kappa shape index (κ2) is 11.1. The lowest BCUT2D eigenvalue weighted by atomic mass is 10.0. The first-order valence-corrected chi connectivity index (χ1v) is 15.5. The molecule has 1 saturated heterocycles. The van der Waals surface area contributed by atoms with Gasteiger partial charge in [-0.1, -0.05) is 12.1 Å². The van der Waals surface area contributed by atoms with Crippen molar-refractivity contribution >= 4 is 41.3 Å². The number of methoxy groups -OCH3 is 1. The monoisotopic (exact) mass is 546 g/mol. The number of hydrogen-bond acceptors (Lipinski definition) is 9. The first-order chi connectivity index (χ1) is 18.7. The molecular weight excluding hydrogens is 511 g/mol. The van der Waals surface area contributed by atoms with Gasteiger partial charge in [-0.25, -0.2) is 4.98 Å². The van der Waals surface area contributed by atoms with Crippen LogP contribution in [-0.2, 0) is 11.6 Å². The van der Waals surface area contributed by atoms with Crippen molar-refractivity contribution in [3.63, 3.8) is 0 Å². The van der Waals surface area contributed by atoms with Gasteiger partial charge >= 0.3 is 0 Å². The van der Waals surface area contributed by atoms with Crippen molar-refractivity contribution < 1.29 is 9.30 Å². The average Bonchev–Trinajstić information content (AvgIpc) is 3.36. The van der Waals surface area contributed by atoms with E-state index in [-0.39, 0.29) is 0 Å². The molecule has 0 spiro atoms. The fourth-order valence-corrected chi connectivity index (χ4v) is 5.88. The normalized spacial score (nSPS) is 13.8. The lowest BCUT2D eigenvalue weighted by Crippen LogP contribution is -2.43. The second-order valence-electron chi connectivity index (χ2n) is 10.1. The van der Waals surface area contributed by atoms with E-state index in [1.807, 2.05) is 50.6 Å². The molecule has 1 fully saturated rings. The molecule has 0 unspecified atom stereocenters. The summed E-state index contributed by atoms with van der Waals surface area (Å²) in [6, 6.07) is 11.8. The number of ether oxygens (including phenoxy) is 1. The highest BCUT2D eigenvalue weighted by Gasteiger charge is 2.21. The van der Waals surface area contributed by atoms with Gasteiger partial charge in [-0.15, -0.1) is 0 Å². The molecule has 0 aliphatic carbocycles. The van der Waals surface area contributed by atoms with E-state index in [1.54, 1.807) is 31.3 Å². The van der Waals surface area contributed by atoms with Crippen LogP contribution in [0.4, 0.5) is 28.8 Å². The van der Waals surface area contributed by atoms with Crippen LogP contribution < -0.4 is 30.9 Å². The number of rotatable bonds is 8. The summed E-state index contributed by atoms with van der Waals surface area (Å²) in [5, 5.41) is 15.3. The molecule has 39 heavy (non-hydrogen) atoms. The highest BCUT2D eigenvalue weighted by Crippen LogP contribution is 2.41. The smallest absolute Gasteiger partial charge is 0.229 e. The third-order valence-electron chi connectivity index (χ3n) is 6.75. The molecule has 3 N–H and O–H groups in total. The number of para-hydroxylation sites is 1. The third kappa shape index (κ3) is 5.92. The lowest BCUT2D eigenvalue weighted by molar-refractivity contribution is 0.416. The summed E-state index contributed by atoms with van der Waals surface area (Å²) in [5.41, 5.74) is 5.56. The largest absolute Gasteiger partial charge is 0.494 e. The minimum atomic E-state index is -2.49. The molecular formula is C28H35N8O2P. The van der Waals surface area contributed by atoms with Crippen LogP contribution in [0.1, 0.15) is 5.56 Å². The Morgan fingerprint density at radius 1 is 1.05 bits per heavy atom. The summed E-state index contributed by atoms with van der Waals surface area (Å²) in [6.45, 7) is 9.14. The van der Waals surface area contributed by atoms with E-state index in [0.717, 1.165) is 65.2 Å². The maximum absolute atomic E-state index is 12.9. The van der Waals surface area contributed by atoms with Crippen molar-refractivity contribution in [1.29, 1.82) is 0 Å². The Hall–Kier alpha value is -3.88. The Labute approximate surface area is 229 Å². The summed E-state index contributed by atoms with van der Waals surface area (Å²) in [4.78, 5) is 11.7. The maximum atomic E-state index is 12.9. The lowest BCUT2D eigenvalue weighted by Gasteiger charge is -2.31. The first kappa shape index (κ1) is 26.7. The van der Waals surface area contributed by atoms with Crippen LogP contribution in [0.2, 0.25) is 0 Å². The van der Waals surface area contributed by atoms with Gasteiger partial charge < -0.3 is 30.2 Å². The Balaban J connectivity index is 1.51. The number of nitrogens with zero attached hydrogens (tertiary/aromatic N) is 5. The molecule has 0 bridgehead atoms. The molecule has 1 aliphatic rings. The van der Waals surface area contributed by atoms with Crippen LogP contribution in [0.25, 0.3) is 11.1 Å². The van der Waals surface area contributed by atoms with E-state index in [9.17, 15) is 4.57 Å². The molecule has 11 heteroatoms. The van der Waals surface area contributed by atoms with E-state index in [2.05, 4.69) is 43.1 Å². The number of nitrogens with one attached hydrogen (secondary N) is 3. The average molecular weight is 547 g/mol. The number of anilines is 5. The van der Waals surface area contributed by atoms with Gasteiger partial charge in [-0.3, -0.25) is 4.68 Å². The highest BCUT2D eigenvalue weighted by atomic mass is 31.2. The Bertz CT molecular complexity index is 1520. The number of hydrogen-bond donors (Lipinski definition) is 3. The molecule has 2 aromatic heterocycles. The van der Waals surface area contributed by atoms with Crippen LogP contribution in [-0.4, -0.2) is 66.4 Å². The number of piperazine rings is 1. The standard InChI is InChI=1S/C28H35N8O2P/c1-19-16-30-28(34-27(19)32-22-8-6-7-9-26(22)39(4,5)37)33-23-14-21(20-17-31-35(2)18-20)24(15-25(23)38-3)36-12-10-29-11-13-36/h6-9,14-18,29H,10-13H2,1-5H3,(H2,30,32,33,34). The predicted octanol–water partition coefficient (Wildman–Crippen LogP) is 4.34. The second-order valence-corrected chi connectivity index (χ2v) is 13.2. The van der Waals surface area contributed by atoms with Gasteiger partial charge in [0.1, 0.15) is 18.7 Å². The molecule has 2 aromatic carbocycles. The fourth-order valence-electron chi connectivity index (χ4n) is 4.72. The van der Waals surface area contributed by atoms with Crippen molar-refractivity contribution in [2.24, 2.45) is 7.05 Å². The molecule has 1 aliphatic heterocycles. The van der Waals surface area contributed by atoms with Crippen molar-refractivity contribution in [3.8, 4) is 16.9 Å². The SMILES string of the molecule is COc1cc(N2CCNCC2)c(-c2cnn(C)c2)cc1Nc1ncc(C)c(Nc2ccccc2P(C)(C)=O)n1. The molecule has 0 amide bonds. The zero-order valence-corrected chi connectivity index (χ0v) is 23.9. The Kier molecular flexibility index (Phi) is 7.59. The number of aromatic nitrogens is 4. The van der Waals surface area contributed by atoms with Crippen molar-refractivity contribution in [2.75, 3.05) is 62.2 Å². The van der Waals surface area contributed by atoms with Gasteiger partial charge in [0.2, 0.25) is 5.95 Å². The molecule has 0 atom stereocenters. The molecule has 5 rings (SSSR count). The van der Waals surface area contributed by atoms with Crippen LogP contribution in [0.15, 0.2) is 55.0 Å². The fraction of sp³-hybridized carbons (Fsp3) is 0.321. The van der Waals surface area contributed by atoms with Gasteiger partial charge in [0.05, 0.1) is 24.7 Å². The van der Waals surface area contributed by atoms with Gasteiger partial charge in [0.25, 0.3) is 0 Å². The van der Waals surface area contributed by atoms with Crippen molar-refractivity contribution in [2.45, 2.75) is 6.92 Å². The van der Waals surface area contributed by atoms with E-state index >= 15 is 0 Å². The predicted molar refractivity (Wildman–Crippen MR) is 159 cm³/mol.